The molecule has 0 aliphatic carbocycles. The van der Waals surface area contributed by atoms with Crippen LogP contribution in [0.3, 0.4) is 0 Å². The molecule has 1 radical (unpaired) electrons. The molecular formula is C21H18F6N2O5SV. The maximum Gasteiger partial charge on any atom is 2.00 e. The third-order valence-electron chi connectivity index (χ3n) is 4.53. The zero-order valence-corrected chi connectivity index (χ0v) is 20.4. The molecule has 0 N–H and O–H groups in total. The summed E-state index contributed by atoms with van der Waals surface area (Å²) in [5.41, 5.74) is -1.16. The molecule has 1 atom stereocenters. The molecular weight excluding hydrogens is 557 g/mol. The second-order valence-corrected chi connectivity index (χ2v) is 8.86. The summed E-state index contributed by atoms with van der Waals surface area (Å²) >= 11 is 0. The van der Waals surface area contributed by atoms with Gasteiger partial charge in [0.25, 0.3) is 0 Å². The van der Waals surface area contributed by atoms with E-state index in [2.05, 4.69) is 10.8 Å². The fourth-order valence-electron chi connectivity index (χ4n) is 2.77. The van der Waals surface area contributed by atoms with E-state index in [-0.39, 0.29) is 31.6 Å². The summed E-state index contributed by atoms with van der Waals surface area (Å²) < 4.78 is 106. The molecule has 3 rings (SSSR count). The first-order chi connectivity index (χ1) is 16.3. The van der Waals surface area contributed by atoms with Crippen molar-refractivity contribution in [1.82, 2.24) is 9.21 Å². The Balaban J connectivity index is 0.000000807. The van der Waals surface area contributed by atoms with Crippen molar-refractivity contribution in [3.8, 4) is 0 Å². The van der Waals surface area contributed by atoms with Crippen molar-refractivity contribution >= 4 is 22.4 Å². The number of benzene rings is 2. The molecule has 1 aliphatic heterocycles. The van der Waals surface area contributed by atoms with E-state index in [1.54, 1.807) is 0 Å². The molecule has 1 fully saturated rings. The van der Waals surface area contributed by atoms with Gasteiger partial charge >= 0.3 is 37.0 Å². The molecule has 1 heterocycles. The van der Waals surface area contributed by atoms with Crippen LogP contribution >= 0.6 is 0 Å². The summed E-state index contributed by atoms with van der Waals surface area (Å²) in [6.07, 6.45) is -13.9. The van der Waals surface area contributed by atoms with Crippen LogP contribution in [0.1, 0.15) is 5.56 Å². The van der Waals surface area contributed by atoms with Crippen LogP contribution in [0, 0.1) is 6.07 Å². The van der Waals surface area contributed by atoms with Crippen molar-refractivity contribution < 1.29 is 67.6 Å². The van der Waals surface area contributed by atoms with Crippen molar-refractivity contribution in [2.45, 2.75) is 23.4 Å². The van der Waals surface area contributed by atoms with E-state index in [9.17, 15) is 44.3 Å². The number of nitrogens with zero attached hydrogens (tertiary/aromatic N) is 2. The molecule has 1 saturated heterocycles. The largest absolute Gasteiger partial charge is 2.00 e. The van der Waals surface area contributed by atoms with E-state index in [0.717, 1.165) is 21.3 Å². The molecule has 1 aliphatic rings. The third-order valence-corrected chi connectivity index (χ3v) is 6.42. The van der Waals surface area contributed by atoms with Crippen LogP contribution in [0.15, 0.2) is 59.5 Å². The van der Waals surface area contributed by atoms with Crippen molar-refractivity contribution in [1.29, 1.82) is 0 Å². The summed E-state index contributed by atoms with van der Waals surface area (Å²) in [6, 6.07) is 15.6. The van der Waals surface area contributed by atoms with Gasteiger partial charge in [-0.05, 0) is 18.2 Å². The van der Waals surface area contributed by atoms with E-state index in [0.29, 0.717) is 18.4 Å². The molecule has 2 aromatic carbocycles. The Morgan fingerprint density at radius 1 is 0.972 bits per heavy atom. The van der Waals surface area contributed by atoms with E-state index in [1.165, 1.54) is 0 Å². The second-order valence-electron chi connectivity index (χ2n) is 6.92. The maximum absolute atomic E-state index is 12.8. The van der Waals surface area contributed by atoms with Crippen LogP contribution in [0.5, 0.6) is 0 Å². The molecule has 1 unspecified atom stereocenters. The molecule has 15 heteroatoms. The van der Waals surface area contributed by atoms with Gasteiger partial charge in [0.05, 0.1) is 10.5 Å². The number of alkyl halides is 6. The van der Waals surface area contributed by atoms with Gasteiger partial charge in [0, 0.05) is 26.2 Å². The second kappa shape index (κ2) is 13.1. The molecule has 195 valence electrons. The molecule has 0 spiro atoms. The first-order valence-corrected chi connectivity index (χ1v) is 11.2. The number of piperazine rings is 1. The van der Waals surface area contributed by atoms with Gasteiger partial charge in [0.2, 0.25) is 10.0 Å². The number of carbonyl (C=O) groups excluding carboxylic acids is 2. The Labute approximate surface area is 214 Å². The summed E-state index contributed by atoms with van der Waals surface area (Å²) in [5.74, 6) is 0. The first kappa shape index (κ1) is 31.5. The monoisotopic (exact) mass is 575 g/mol. The van der Waals surface area contributed by atoms with E-state index in [1.807, 2.05) is 30.3 Å². The Morgan fingerprint density at radius 2 is 1.56 bits per heavy atom. The van der Waals surface area contributed by atoms with E-state index in [4.69, 9.17) is 0 Å². The molecule has 0 bridgehead atoms. The van der Waals surface area contributed by atoms with Gasteiger partial charge in [0.1, 0.15) is 6.10 Å². The minimum absolute atomic E-state index is 0. The Hall–Kier alpha value is -2.55. The fraction of sp³-hybridized carbons (Fsp3) is 0.333. The van der Waals surface area contributed by atoms with E-state index >= 15 is 0 Å². The minimum atomic E-state index is -5.15. The predicted octanol–water partition coefficient (Wildman–Crippen LogP) is 3.67. The Morgan fingerprint density at radius 3 is 1.97 bits per heavy atom. The molecule has 7 nitrogen and oxygen atoms in total. The van der Waals surface area contributed by atoms with Gasteiger partial charge in [0.15, 0.2) is 0 Å². The first-order valence-electron chi connectivity index (χ1n) is 9.75. The molecule has 0 saturated carbocycles. The smallest absolute Gasteiger partial charge is 0.538 e. The summed E-state index contributed by atoms with van der Waals surface area (Å²) in [4.78, 5) is 22.2. The zero-order chi connectivity index (χ0) is 26.3. The van der Waals surface area contributed by atoms with Crippen LogP contribution in [0.25, 0.3) is 0 Å². The number of hydrogen-bond acceptors (Lipinski definition) is 5. The number of carbonyl (C=O) groups is 1. The zero-order valence-electron chi connectivity index (χ0n) is 18.2. The number of rotatable bonds is 4. The van der Waals surface area contributed by atoms with Gasteiger partial charge in [-0.25, -0.2) is 19.5 Å². The van der Waals surface area contributed by atoms with Gasteiger partial charge < -0.3 is 14.4 Å². The number of halogens is 6. The van der Waals surface area contributed by atoms with Gasteiger partial charge in [-0.2, -0.15) is 67.0 Å². The number of sulfonamides is 1. The van der Waals surface area contributed by atoms with Crippen molar-refractivity contribution in [3.63, 3.8) is 0 Å². The average Bonchev–Trinajstić information content (AvgIpc) is 2.82. The van der Waals surface area contributed by atoms with Gasteiger partial charge in [-0.15, -0.1) is 0 Å². The molecule has 2 aromatic rings. The normalized spacial score (nSPS) is 15.6. The third kappa shape index (κ3) is 8.84. The summed E-state index contributed by atoms with van der Waals surface area (Å²) in [6.45, 7) is -1.56. The quantitative estimate of drug-likeness (QED) is 0.411. The van der Waals surface area contributed by atoms with Gasteiger partial charge in [-0.3, -0.25) is 0 Å². The van der Waals surface area contributed by atoms with E-state index < -0.39 is 58.1 Å². The topological polar surface area (TPSA) is 84.0 Å². The van der Waals surface area contributed by atoms with Crippen LogP contribution in [0.4, 0.5) is 31.1 Å². The number of amides is 1. The minimum Gasteiger partial charge on any atom is -0.538 e. The molecule has 1 amide bonds. The van der Waals surface area contributed by atoms with Crippen LogP contribution in [-0.2, 0) is 44.3 Å². The SMILES string of the molecule is O=[C-]C(OC(=O)N1CCN(S(=O)(=O)c2cccc(C(F)(F)F)c2)CC1)C(F)(F)F.[V+2].[c-]1ccccc1. The van der Waals surface area contributed by atoms with Crippen LogP contribution < -0.4 is 0 Å². The maximum atomic E-state index is 12.8. The number of ether oxygens (including phenoxy) is 1. The van der Waals surface area contributed by atoms with Gasteiger partial charge in [-0.1, -0.05) is 6.07 Å². The number of hydrogen-bond donors (Lipinski definition) is 0. The standard InChI is InChI=1S/C15H13F6N2O5S.C6H5.V/c16-14(17,18)10-2-1-3-11(8-10)29(26,27)23-6-4-22(5-7-23)13(25)28-12(9-24)15(19,20)21;1-2-4-6-5-3-1;/h1-3,8,12H,4-7H2;1-5H;/q2*-1;+2. The van der Waals surface area contributed by atoms with Crippen LogP contribution in [-0.4, -0.2) is 68.5 Å². The summed E-state index contributed by atoms with van der Waals surface area (Å²) in [7, 11) is -4.33. The van der Waals surface area contributed by atoms with Crippen LogP contribution in [0.2, 0.25) is 0 Å². The Bertz CT molecular complexity index is 1070. The predicted molar refractivity (Wildman–Crippen MR) is 109 cm³/mol. The fourth-order valence-corrected chi connectivity index (χ4v) is 4.24. The summed E-state index contributed by atoms with van der Waals surface area (Å²) in [5, 5.41) is 0. The average molecular weight is 575 g/mol. The molecule has 0 aromatic heterocycles. The Kier molecular flexibility index (Phi) is 11.5. The van der Waals surface area contributed by atoms with Crippen molar-refractivity contribution in [3.05, 3.63) is 66.2 Å². The van der Waals surface area contributed by atoms with Crippen molar-refractivity contribution in [2.75, 3.05) is 26.2 Å². The molecule has 36 heavy (non-hydrogen) atoms. The van der Waals surface area contributed by atoms with Crippen molar-refractivity contribution in [2.24, 2.45) is 0 Å².